The van der Waals surface area contributed by atoms with Crippen LogP contribution in [-0.4, -0.2) is 56.3 Å². The number of rotatable bonds is 7. The quantitative estimate of drug-likeness (QED) is 0.201. The summed E-state index contributed by atoms with van der Waals surface area (Å²) in [6, 6.07) is 3.22. The number of carbonyl (C=O) groups excluding carboxylic acids is 2. The number of fused-ring (bicyclic) bond motifs is 1. The van der Waals surface area contributed by atoms with E-state index in [1.165, 1.54) is 15.3 Å². The summed E-state index contributed by atoms with van der Waals surface area (Å²) in [6.07, 6.45) is 0.696. The molecule has 4 rings (SSSR count). The molecule has 13 heteroatoms. The zero-order valence-corrected chi connectivity index (χ0v) is 21.2. The second kappa shape index (κ2) is 10.1. The Hall–Kier alpha value is -1.94. The summed E-state index contributed by atoms with van der Waals surface area (Å²) in [5.41, 5.74) is -4.30. The van der Waals surface area contributed by atoms with E-state index in [9.17, 15) is 18.4 Å². The molecule has 2 aliphatic rings. The lowest BCUT2D eigenvalue weighted by atomic mass is 9.81. The van der Waals surface area contributed by atoms with Gasteiger partial charge in [0.25, 0.3) is 11.6 Å². The van der Waals surface area contributed by atoms with Gasteiger partial charge >= 0.3 is 5.97 Å². The number of alkyl halides is 5. The summed E-state index contributed by atoms with van der Waals surface area (Å²) in [6.45, 7) is -0.335. The number of carbonyl (C=O) groups is 2. The van der Waals surface area contributed by atoms with E-state index in [0.717, 1.165) is 19.2 Å². The molecule has 1 atom stereocenters. The van der Waals surface area contributed by atoms with E-state index < -0.39 is 64.6 Å². The summed E-state index contributed by atoms with van der Waals surface area (Å²) < 4.78 is 80.6. The normalized spacial score (nSPS) is 18.6. The van der Waals surface area contributed by atoms with E-state index in [0.29, 0.717) is 18.1 Å². The molecule has 1 unspecified atom stereocenters. The summed E-state index contributed by atoms with van der Waals surface area (Å²) in [5, 5.41) is -0.125. The van der Waals surface area contributed by atoms with Crippen molar-refractivity contribution in [3.8, 4) is 0 Å². The molecule has 1 aromatic carbocycles. The molecule has 1 aromatic heterocycles. The highest BCUT2D eigenvalue weighted by Crippen LogP contribution is 2.46. The minimum Gasteiger partial charge on any atom is -0.463 e. The van der Waals surface area contributed by atoms with Crippen molar-refractivity contribution in [1.82, 2.24) is 0 Å². The first-order chi connectivity index (χ1) is 16.9. The van der Waals surface area contributed by atoms with Crippen LogP contribution in [0.2, 0.25) is 0 Å². The van der Waals surface area contributed by atoms with Gasteiger partial charge in [0.1, 0.15) is 17.2 Å². The van der Waals surface area contributed by atoms with E-state index in [1.54, 1.807) is 0 Å². The number of methoxy groups -OCH3 is 1. The van der Waals surface area contributed by atoms with Gasteiger partial charge in [-0.2, -0.15) is 8.78 Å². The van der Waals surface area contributed by atoms with E-state index >= 15 is 8.78 Å². The average Bonchev–Trinajstić information content (AvgIpc) is 3.45. The molecule has 36 heavy (non-hydrogen) atoms. The van der Waals surface area contributed by atoms with Gasteiger partial charge in [0.05, 0.1) is 26.9 Å². The van der Waals surface area contributed by atoms with Crippen LogP contribution in [0.4, 0.5) is 23.2 Å². The van der Waals surface area contributed by atoms with Crippen molar-refractivity contribution in [2.45, 2.75) is 43.1 Å². The Balaban J connectivity index is 1.73. The van der Waals surface area contributed by atoms with Crippen LogP contribution in [0.25, 0.3) is 11.0 Å². The lowest BCUT2D eigenvalue weighted by Gasteiger charge is -2.39. The van der Waals surface area contributed by atoms with Gasteiger partial charge < -0.3 is 23.5 Å². The second-order valence-electron chi connectivity index (χ2n) is 8.86. The van der Waals surface area contributed by atoms with Crippen LogP contribution in [0.1, 0.15) is 41.8 Å². The molecular formula is C23H25ClF4NO6P. The summed E-state index contributed by atoms with van der Waals surface area (Å²) in [7, 11) is 2.41. The van der Waals surface area contributed by atoms with E-state index in [-0.39, 0.29) is 36.7 Å². The standard InChI is InChI=1S/C23H25ClF4NO6P/c1-32-20(31)19-18(15-10-14(23(27,28)36)2-3-16(15)35-19)29(17(30)11-24)12-22(25,26)13-4-6-21(7-5-13)33-8-9-34-21/h2-3,10,13H,4-9,11-12,36H2,1H3. The Labute approximate surface area is 211 Å². The van der Waals surface area contributed by atoms with E-state index in [1.807, 2.05) is 0 Å². The zero-order chi connectivity index (χ0) is 26.3. The predicted octanol–water partition coefficient (Wildman–Crippen LogP) is 5.28. The monoisotopic (exact) mass is 553 g/mol. The smallest absolute Gasteiger partial charge is 0.376 e. The van der Waals surface area contributed by atoms with Gasteiger partial charge in [-0.3, -0.25) is 4.79 Å². The summed E-state index contributed by atoms with van der Waals surface area (Å²) in [5.74, 6) is -8.67. The minimum atomic E-state index is -3.42. The molecule has 1 spiro atoms. The molecule has 1 aliphatic heterocycles. The molecule has 7 nitrogen and oxygen atoms in total. The Morgan fingerprint density at radius 1 is 1.19 bits per heavy atom. The minimum absolute atomic E-state index is 0.0609. The number of anilines is 1. The molecule has 1 amide bonds. The Morgan fingerprint density at radius 2 is 1.83 bits per heavy atom. The first-order valence-electron chi connectivity index (χ1n) is 11.2. The number of furan rings is 1. The Morgan fingerprint density at radius 3 is 2.39 bits per heavy atom. The van der Waals surface area contributed by atoms with E-state index in [4.69, 9.17) is 30.2 Å². The van der Waals surface area contributed by atoms with Gasteiger partial charge in [-0.15, -0.1) is 11.6 Å². The number of amides is 1. The van der Waals surface area contributed by atoms with Crippen molar-refractivity contribution in [2.24, 2.45) is 5.92 Å². The van der Waals surface area contributed by atoms with Gasteiger partial charge in [0.2, 0.25) is 11.7 Å². The molecule has 198 valence electrons. The Kier molecular flexibility index (Phi) is 7.59. The third kappa shape index (κ3) is 5.21. The predicted molar refractivity (Wildman–Crippen MR) is 126 cm³/mol. The maximum absolute atomic E-state index is 15.6. The van der Waals surface area contributed by atoms with Crippen LogP contribution in [0.15, 0.2) is 22.6 Å². The van der Waals surface area contributed by atoms with E-state index in [2.05, 4.69) is 0 Å². The van der Waals surface area contributed by atoms with Crippen molar-refractivity contribution in [1.29, 1.82) is 0 Å². The highest BCUT2D eigenvalue weighted by molar-refractivity contribution is 7.17. The van der Waals surface area contributed by atoms with Crippen LogP contribution in [0.3, 0.4) is 0 Å². The third-order valence-electron chi connectivity index (χ3n) is 6.63. The SMILES string of the molecule is COC(=O)c1oc2ccc(C(F)(F)P)cc2c1N(CC(F)(F)C1CCC2(CC1)OCCO2)C(=O)CCl. The second-order valence-corrected chi connectivity index (χ2v) is 9.85. The van der Waals surface area contributed by atoms with Gasteiger partial charge in [-0.05, 0) is 31.0 Å². The third-order valence-corrected chi connectivity index (χ3v) is 7.19. The highest BCUT2D eigenvalue weighted by atomic mass is 35.5. The summed E-state index contributed by atoms with van der Waals surface area (Å²) >= 11 is 5.74. The van der Waals surface area contributed by atoms with Gasteiger partial charge in [-0.1, -0.05) is 9.24 Å². The molecule has 2 aromatic rings. The fourth-order valence-corrected chi connectivity index (χ4v) is 5.08. The fraction of sp³-hybridized carbons (Fsp3) is 0.565. The van der Waals surface area contributed by atoms with Crippen molar-refractivity contribution in [3.63, 3.8) is 0 Å². The number of nitrogens with zero attached hydrogens (tertiary/aromatic N) is 1. The number of esters is 1. The molecule has 0 N–H and O–H groups in total. The van der Waals surface area contributed by atoms with Crippen LogP contribution in [0.5, 0.6) is 0 Å². The topological polar surface area (TPSA) is 78.2 Å². The van der Waals surface area contributed by atoms with Crippen molar-refractivity contribution in [3.05, 3.63) is 29.5 Å². The highest BCUT2D eigenvalue weighted by Gasteiger charge is 2.49. The number of ether oxygens (including phenoxy) is 3. The Bertz CT molecular complexity index is 1140. The van der Waals surface area contributed by atoms with Gasteiger partial charge in [-0.25, -0.2) is 13.6 Å². The summed E-state index contributed by atoms with van der Waals surface area (Å²) in [4.78, 5) is 25.9. The van der Waals surface area contributed by atoms with Crippen LogP contribution < -0.4 is 4.90 Å². The lowest BCUT2D eigenvalue weighted by molar-refractivity contribution is -0.197. The molecular weight excluding hydrogens is 529 g/mol. The van der Waals surface area contributed by atoms with Gasteiger partial charge in [0.15, 0.2) is 5.79 Å². The fourth-order valence-electron chi connectivity index (χ4n) is 4.76. The van der Waals surface area contributed by atoms with Crippen molar-refractivity contribution < 1.29 is 45.8 Å². The van der Waals surface area contributed by atoms with Crippen LogP contribution >= 0.6 is 20.8 Å². The number of hydrogen-bond donors (Lipinski definition) is 0. The molecule has 2 fully saturated rings. The maximum atomic E-state index is 15.6. The van der Waals surface area contributed by atoms with Crippen molar-refractivity contribution >= 4 is 49.4 Å². The average molecular weight is 554 g/mol. The molecule has 1 saturated heterocycles. The van der Waals surface area contributed by atoms with Crippen molar-refractivity contribution in [2.75, 3.05) is 37.6 Å². The molecule has 2 heterocycles. The lowest BCUT2D eigenvalue weighted by Crippen LogP contribution is -2.48. The molecule has 1 aliphatic carbocycles. The number of benzene rings is 1. The largest absolute Gasteiger partial charge is 0.463 e. The first kappa shape index (κ1) is 27.1. The molecule has 0 bridgehead atoms. The van der Waals surface area contributed by atoms with Crippen LogP contribution in [0, 0.1) is 5.92 Å². The first-order valence-corrected chi connectivity index (χ1v) is 12.4. The number of halogens is 5. The number of hydrogen-bond acceptors (Lipinski definition) is 6. The van der Waals surface area contributed by atoms with Crippen LogP contribution in [-0.2, 0) is 24.7 Å². The molecule has 0 radical (unpaired) electrons. The zero-order valence-electron chi connectivity index (χ0n) is 19.3. The molecule has 1 saturated carbocycles. The van der Waals surface area contributed by atoms with Gasteiger partial charge in [0, 0.05) is 29.7 Å². The maximum Gasteiger partial charge on any atom is 0.376 e.